The van der Waals surface area contributed by atoms with Crippen LogP contribution in [0.4, 0.5) is 17.1 Å². The highest BCUT2D eigenvalue weighted by Gasteiger charge is 2.18. The van der Waals surface area contributed by atoms with E-state index in [2.05, 4.69) is 278 Å². The minimum absolute atomic E-state index is 0.853. The number of nitrogens with zero attached hydrogens (tertiary/aromatic N) is 1. The molecule has 70 heavy (non-hydrogen) atoms. The van der Waals surface area contributed by atoms with Crippen LogP contribution in [0.1, 0.15) is 0 Å². The molecule has 0 fully saturated rings. The quantitative estimate of drug-likeness (QED) is 0.129. The third-order valence-corrected chi connectivity index (χ3v) is 13.4. The van der Waals surface area contributed by atoms with E-state index in [4.69, 9.17) is 4.42 Å². The minimum Gasteiger partial charge on any atom is -0.456 e. The van der Waals surface area contributed by atoms with Gasteiger partial charge in [0.15, 0.2) is 0 Å². The van der Waals surface area contributed by atoms with Crippen LogP contribution in [0.3, 0.4) is 0 Å². The molecule has 0 atom stereocenters. The first-order valence-electron chi connectivity index (χ1n) is 23.9. The van der Waals surface area contributed by atoms with E-state index in [9.17, 15) is 0 Å². The third-order valence-electron chi connectivity index (χ3n) is 13.4. The zero-order valence-corrected chi connectivity index (χ0v) is 38.5. The molecule has 11 aromatic carbocycles. The van der Waals surface area contributed by atoms with Crippen molar-refractivity contribution in [2.24, 2.45) is 0 Å². The van der Waals surface area contributed by atoms with Gasteiger partial charge in [-0.05, 0) is 132 Å². The Labute approximate surface area is 409 Å². The summed E-state index contributed by atoms with van der Waals surface area (Å²) in [7, 11) is 0. The number of para-hydroxylation sites is 1. The van der Waals surface area contributed by atoms with Crippen molar-refractivity contribution < 1.29 is 4.42 Å². The van der Waals surface area contributed by atoms with Crippen molar-refractivity contribution >= 4 is 28.0 Å². The maximum Gasteiger partial charge on any atom is 0.136 e. The van der Waals surface area contributed by atoms with Gasteiger partial charge in [0.25, 0.3) is 0 Å². The van der Waals surface area contributed by atoms with Gasteiger partial charge < -0.3 is 9.32 Å². The summed E-state index contributed by atoms with van der Waals surface area (Å²) in [5, 5.41) is 1.09. The molecule has 0 bridgehead atoms. The highest BCUT2D eigenvalue weighted by atomic mass is 16.3. The minimum atomic E-state index is 0.853. The molecule has 1 aromatic heterocycles. The van der Waals surface area contributed by atoms with Crippen molar-refractivity contribution in [3.05, 3.63) is 285 Å². The zero-order chi connectivity index (χ0) is 46.6. The van der Waals surface area contributed by atoms with Crippen LogP contribution < -0.4 is 4.90 Å². The molecule has 12 aromatic rings. The predicted octanol–water partition coefficient (Wildman–Crippen LogP) is 19.2. The topological polar surface area (TPSA) is 16.4 Å². The van der Waals surface area contributed by atoms with Crippen LogP contribution in [0.25, 0.3) is 100 Å². The van der Waals surface area contributed by atoms with Crippen molar-refractivity contribution in [1.82, 2.24) is 0 Å². The molecule has 0 spiro atoms. The SMILES string of the molecule is c1ccc(-c2ccc(-c3ccc(N(c4ccc(-c5ccc(-c6ccccc6)c(-c6cc7ccccc7o6)c5)cc4)c4ccc(-c5ccccc5-c5ccccc5-c5ccccc5)cc4)cc3)cc2)cc1. The lowest BCUT2D eigenvalue weighted by Crippen LogP contribution is -2.09. The van der Waals surface area contributed by atoms with E-state index >= 15 is 0 Å². The second kappa shape index (κ2) is 18.8. The predicted molar refractivity (Wildman–Crippen MR) is 294 cm³/mol. The molecular formula is C68H47NO. The lowest BCUT2D eigenvalue weighted by atomic mass is 9.89. The summed E-state index contributed by atoms with van der Waals surface area (Å²) in [5.41, 5.74) is 21.6. The molecule has 0 unspecified atom stereocenters. The fraction of sp³-hybridized carbons (Fsp3) is 0. The van der Waals surface area contributed by atoms with Gasteiger partial charge >= 0.3 is 0 Å². The molecule has 0 radical (unpaired) electrons. The van der Waals surface area contributed by atoms with Crippen LogP contribution in [0.15, 0.2) is 290 Å². The van der Waals surface area contributed by atoms with Gasteiger partial charge in [0.1, 0.15) is 11.3 Å². The number of hydrogen-bond donors (Lipinski definition) is 0. The third kappa shape index (κ3) is 8.40. The molecular weight excluding hydrogens is 847 g/mol. The van der Waals surface area contributed by atoms with E-state index < -0.39 is 0 Å². The fourth-order valence-electron chi connectivity index (χ4n) is 9.80. The van der Waals surface area contributed by atoms with Crippen LogP contribution in [0, 0.1) is 0 Å². The Morgan fingerprint density at radius 2 is 0.543 bits per heavy atom. The van der Waals surface area contributed by atoms with Gasteiger partial charge in [-0.3, -0.25) is 0 Å². The van der Waals surface area contributed by atoms with E-state index in [0.717, 1.165) is 67.2 Å². The first kappa shape index (κ1) is 42.1. The molecule has 0 N–H and O–H groups in total. The maximum absolute atomic E-state index is 6.50. The van der Waals surface area contributed by atoms with Crippen molar-refractivity contribution in [2.45, 2.75) is 0 Å². The molecule has 2 heteroatoms. The van der Waals surface area contributed by atoms with E-state index in [0.29, 0.717) is 0 Å². The number of fused-ring (bicyclic) bond motifs is 1. The smallest absolute Gasteiger partial charge is 0.136 e. The van der Waals surface area contributed by atoms with Gasteiger partial charge in [-0.1, -0.05) is 231 Å². The first-order chi connectivity index (χ1) is 34.7. The summed E-state index contributed by atoms with van der Waals surface area (Å²) in [5.74, 6) is 0.853. The van der Waals surface area contributed by atoms with Crippen LogP contribution in [0.5, 0.6) is 0 Å². The summed E-state index contributed by atoms with van der Waals surface area (Å²) < 4.78 is 6.50. The van der Waals surface area contributed by atoms with Gasteiger partial charge in [0.2, 0.25) is 0 Å². The van der Waals surface area contributed by atoms with Gasteiger partial charge in [-0.25, -0.2) is 0 Å². The monoisotopic (exact) mass is 893 g/mol. The number of furan rings is 1. The molecule has 2 nitrogen and oxygen atoms in total. The first-order valence-corrected chi connectivity index (χ1v) is 23.9. The Hall–Kier alpha value is -9.24. The van der Waals surface area contributed by atoms with Crippen molar-refractivity contribution in [3.8, 4) is 89.2 Å². The number of rotatable bonds is 11. The highest BCUT2D eigenvalue weighted by Crippen LogP contribution is 2.43. The van der Waals surface area contributed by atoms with E-state index in [1.807, 2.05) is 12.1 Å². The van der Waals surface area contributed by atoms with Crippen LogP contribution in [-0.2, 0) is 0 Å². The van der Waals surface area contributed by atoms with E-state index in [1.54, 1.807) is 0 Å². The normalized spacial score (nSPS) is 11.1. The molecule has 0 aliphatic carbocycles. The second-order valence-corrected chi connectivity index (χ2v) is 17.7. The molecule has 0 aliphatic heterocycles. The average molecular weight is 894 g/mol. The largest absolute Gasteiger partial charge is 0.456 e. The van der Waals surface area contributed by atoms with E-state index in [-0.39, 0.29) is 0 Å². The summed E-state index contributed by atoms with van der Waals surface area (Å²) in [6.07, 6.45) is 0. The Balaban J connectivity index is 0.913. The average Bonchev–Trinajstić information content (AvgIpc) is 3.89. The molecule has 0 saturated carbocycles. The van der Waals surface area contributed by atoms with Crippen molar-refractivity contribution in [3.63, 3.8) is 0 Å². The number of anilines is 3. The summed E-state index contributed by atoms with van der Waals surface area (Å²) >= 11 is 0. The molecule has 1 heterocycles. The Morgan fingerprint density at radius 3 is 1.03 bits per heavy atom. The summed E-state index contributed by atoms with van der Waals surface area (Å²) in [6, 6.07) is 102. The lowest BCUT2D eigenvalue weighted by molar-refractivity contribution is 0.632. The van der Waals surface area contributed by atoms with Gasteiger partial charge in [-0.2, -0.15) is 0 Å². The van der Waals surface area contributed by atoms with Crippen LogP contribution >= 0.6 is 0 Å². The summed E-state index contributed by atoms with van der Waals surface area (Å²) in [4.78, 5) is 2.35. The van der Waals surface area contributed by atoms with Gasteiger partial charge in [-0.15, -0.1) is 0 Å². The Kier molecular flexibility index (Phi) is 11.3. The zero-order valence-electron chi connectivity index (χ0n) is 38.5. The Bertz CT molecular complexity index is 3670. The van der Waals surface area contributed by atoms with Crippen LogP contribution in [-0.4, -0.2) is 0 Å². The highest BCUT2D eigenvalue weighted by molar-refractivity contribution is 5.93. The molecule has 12 rings (SSSR count). The van der Waals surface area contributed by atoms with Crippen molar-refractivity contribution in [2.75, 3.05) is 4.90 Å². The molecule has 0 saturated heterocycles. The fourth-order valence-corrected chi connectivity index (χ4v) is 9.80. The van der Waals surface area contributed by atoms with Gasteiger partial charge in [0, 0.05) is 28.0 Å². The maximum atomic E-state index is 6.50. The standard InChI is InChI=1S/C68H47NO/c1-4-16-48(17-5-1)49-28-30-50(31-29-49)51-32-39-58(40-33-51)69(60-43-36-55(37-44-60)62-24-12-14-26-65(62)64-25-13-11-23-61(64)53-18-6-2-7-19-53)59-41-34-52(35-42-59)56-38-45-63(54-20-8-3-9-21-54)66(46-56)68-47-57-22-10-15-27-67(57)70-68/h1-47H. The second-order valence-electron chi connectivity index (χ2n) is 17.7. The molecule has 330 valence electrons. The van der Waals surface area contributed by atoms with E-state index in [1.165, 1.54) is 50.1 Å². The number of hydrogen-bond acceptors (Lipinski definition) is 2. The number of benzene rings is 11. The molecule has 0 amide bonds. The Morgan fingerprint density at radius 1 is 0.214 bits per heavy atom. The van der Waals surface area contributed by atoms with Crippen LogP contribution in [0.2, 0.25) is 0 Å². The van der Waals surface area contributed by atoms with Gasteiger partial charge in [0.05, 0.1) is 0 Å². The van der Waals surface area contributed by atoms with Crippen molar-refractivity contribution in [1.29, 1.82) is 0 Å². The lowest BCUT2D eigenvalue weighted by Gasteiger charge is -2.26. The summed E-state index contributed by atoms with van der Waals surface area (Å²) in [6.45, 7) is 0. The molecule has 0 aliphatic rings.